The van der Waals surface area contributed by atoms with Crippen LogP contribution in [0.3, 0.4) is 0 Å². The maximum absolute atomic E-state index is 9.92. The summed E-state index contributed by atoms with van der Waals surface area (Å²) in [5, 5.41) is 9.92. The van der Waals surface area contributed by atoms with Crippen LogP contribution in [-0.4, -0.2) is 22.6 Å². The van der Waals surface area contributed by atoms with Crippen molar-refractivity contribution in [3.63, 3.8) is 0 Å². The van der Waals surface area contributed by atoms with Gasteiger partial charge in [-0.2, -0.15) is 0 Å². The molecule has 0 spiro atoms. The van der Waals surface area contributed by atoms with Gasteiger partial charge < -0.3 is 5.11 Å². The molecule has 0 amide bonds. The number of rotatable bonds is 7. The number of phenols is 1. The first-order valence-corrected chi connectivity index (χ1v) is 7.59. The fraction of sp³-hybridized carbons (Fsp3) is 0.600. The highest BCUT2D eigenvalue weighted by Gasteiger charge is 2.14. The Morgan fingerprint density at radius 3 is 2.67 bits per heavy atom. The van der Waals surface area contributed by atoms with Crippen LogP contribution < -0.4 is 0 Å². The summed E-state index contributed by atoms with van der Waals surface area (Å²) >= 11 is 3.46. The lowest BCUT2D eigenvalue weighted by atomic mass is 10.1. The van der Waals surface area contributed by atoms with Gasteiger partial charge in [0.15, 0.2) is 0 Å². The molecular formula is C15H24BrNO. The lowest BCUT2D eigenvalue weighted by Gasteiger charge is -2.28. The van der Waals surface area contributed by atoms with Crippen molar-refractivity contribution in [2.75, 3.05) is 6.54 Å². The van der Waals surface area contributed by atoms with Crippen LogP contribution >= 0.6 is 15.9 Å². The predicted octanol–water partition coefficient (Wildman–Crippen LogP) is 4.56. The minimum absolute atomic E-state index is 0.392. The van der Waals surface area contributed by atoms with Crippen LogP contribution in [0.15, 0.2) is 22.7 Å². The van der Waals surface area contributed by atoms with Gasteiger partial charge in [0.1, 0.15) is 5.75 Å². The molecule has 0 aromatic heterocycles. The van der Waals surface area contributed by atoms with Crippen molar-refractivity contribution < 1.29 is 5.11 Å². The summed E-state index contributed by atoms with van der Waals surface area (Å²) in [5.41, 5.74) is 1.00. The van der Waals surface area contributed by atoms with Gasteiger partial charge in [0.2, 0.25) is 0 Å². The third-order valence-electron chi connectivity index (χ3n) is 3.43. The first kappa shape index (κ1) is 15.5. The third-order valence-corrected chi connectivity index (χ3v) is 3.92. The Kier molecular flexibility index (Phi) is 6.72. The van der Waals surface area contributed by atoms with E-state index >= 15 is 0 Å². The molecule has 0 saturated heterocycles. The fourth-order valence-corrected chi connectivity index (χ4v) is 2.38. The monoisotopic (exact) mass is 313 g/mol. The van der Waals surface area contributed by atoms with E-state index in [0.717, 1.165) is 29.5 Å². The number of hydrogen-bond donors (Lipinski definition) is 1. The van der Waals surface area contributed by atoms with Gasteiger partial charge in [0, 0.05) is 22.6 Å². The van der Waals surface area contributed by atoms with Gasteiger partial charge >= 0.3 is 0 Å². The highest BCUT2D eigenvalue weighted by atomic mass is 79.9. The molecule has 0 radical (unpaired) electrons. The number of nitrogens with zero attached hydrogens (tertiary/aromatic N) is 1. The van der Waals surface area contributed by atoms with Crippen LogP contribution in [0.1, 0.15) is 45.6 Å². The van der Waals surface area contributed by atoms with Crippen molar-refractivity contribution in [1.82, 2.24) is 4.90 Å². The van der Waals surface area contributed by atoms with Gasteiger partial charge in [-0.3, -0.25) is 4.90 Å². The van der Waals surface area contributed by atoms with E-state index in [9.17, 15) is 5.11 Å². The largest absolute Gasteiger partial charge is 0.508 e. The molecule has 0 fully saturated rings. The molecule has 1 unspecified atom stereocenters. The van der Waals surface area contributed by atoms with Crippen molar-refractivity contribution >= 4 is 15.9 Å². The Balaban J connectivity index is 2.77. The van der Waals surface area contributed by atoms with E-state index in [-0.39, 0.29) is 0 Å². The molecule has 1 aromatic rings. The highest BCUT2D eigenvalue weighted by molar-refractivity contribution is 9.10. The number of hydrogen-bond acceptors (Lipinski definition) is 2. The van der Waals surface area contributed by atoms with Gasteiger partial charge in [0.05, 0.1) is 0 Å². The van der Waals surface area contributed by atoms with E-state index in [2.05, 4.69) is 41.6 Å². The normalized spacial score (nSPS) is 12.9. The topological polar surface area (TPSA) is 23.5 Å². The Morgan fingerprint density at radius 2 is 2.06 bits per heavy atom. The number of halogens is 1. The summed E-state index contributed by atoms with van der Waals surface area (Å²) < 4.78 is 1.02. The molecule has 102 valence electrons. The lowest BCUT2D eigenvalue weighted by molar-refractivity contribution is 0.190. The number of aromatic hydroxyl groups is 1. The summed E-state index contributed by atoms with van der Waals surface area (Å²) in [7, 11) is 0. The lowest BCUT2D eigenvalue weighted by Crippen LogP contribution is -2.33. The minimum atomic E-state index is 0.392. The van der Waals surface area contributed by atoms with Crippen molar-refractivity contribution in [2.45, 2.75) is 52.6 Å². The van der Waals surface area contributed by atoms with Gasteiger partial charge in [-0.25, -0.2) is 0 Å². The molecule has 0 aliphatic heterocycles. The molecule has 1 aromatic carbocycles. The molecule has 0 aliphatic rings. The van der Waals surface area contributed by atoms with Crippen LogP contribution in [0.4, 0.5) is 0 Å². The summed E-state index contributed by atoms with van der Waals surface area (Å²) in [6.07, 6.45) is 3.55. The zero-order chi connectivity index (χ0) is 13.5. The summed E-state index contributed by atoms with van der Waals surface area (Å²) in [5.74, 6) is 0.392. The molecule has 1 atom stereocenters. The second-order valence-corrected chi connectivity index (χ2v) is 5.77. The van der Waals surface area contributed by atoms with E-state index in [1.165, 1.54) is 12.8 Å². The van der Waals surface area contributed by atoms with Crippen molar-refractivity contribution in [2.24, 2.45) is 0 Å². The van der Waals surface area contributed by atoms with Crippen LogP contribution in [0.5, 0.6) is 5.75 Å². The molecule has 18 heavy (non-hydrogen) atoms. The van der Waals surface area contributed by atoms with Crippen molar-refractivity contribution in [3.05, 3.63) is 28.2 Å². The maximum atomic E-state index is 9.92. The zero-order valence-electron chi connectivity index (χ0n) is 11.6. The van der Waals surface area contributed by atoms with Crippen LogP contribution in [0.2, 0.25) is 0 Å². The van der Waals surface area contributed by atoms with Crippen molar-refractivity contribution in [3.8, 4) is 5.75 Å². The summed E-state index contributed by atoms with van der Waals surface area (Å²) in [6.45, 7) is 8.60. The molecule has 2 nitrogen and oxygen atoms in total. The Labute approximate surface area is 119 Å². The summed E-state index contributed by atoms with van der Waals surface area (Å²) in [4.78, 5) is 2.45. The number of unbranched alkanes of at least 4 members (excludes halogenated alkanes) is 1. The van der Waals surface area contributed by atoms with Crippen LogP contribution in [0, 0.1) is 0 Å². The number of phenolic OH excluding ortho intramolecular Hbond substituents is 1. The zero-order valence-corrected chi connectivity index (χ0v) is 13.2. The van der Waals surface area contributed by atoms with Gasteiger partial charge in [-0.05, 0) is 44.5 Å². The van der Waals surface area contributed by atoms with Gasteiger partial charge in [-0.1, -0.05) is 36.2 Å². The van der Waals surface area contributed by atoms with E-state index in [1.807, 2.05) is 12.1 Å². The van der Waals surface area contributed by atoms with Gasteiger partial charge in [-0.15, -0.1) is 0 Å². The van der Waals surface area contributed by atoms with E-state index in [0.29, 0.717) is 11.8 Å². The standard InChI is InChI=1S/C15H24BrNO/c1-4-6-9-17(12(3)5-2)11-13-10-14(16)7-8-15(13)18/h7-8,10,12,18H,4-6,9,11H2,1-3H3. The average Bonchev–Trinajstić information content (AvgIpc) is 2.37. The molecule has 0 saturated carbocycles. The SMILES string of the molecule is CCCCN(Cc1cc(Br)ccc1O)C(C)CC. The molecule has 3 heteroatoms. The molecule has 1 rings (SSSR count). The predicted molar refractivity (Wildman–Crippen MR) is 80.9 cm³/mol. The Hall–Kier alpha value is -0.540. The van der Waals surface area contributed by atoms with E-state index < -0.39 is 0 Å². The fourth-order valence-electron chi connectivity index (χ4n) is 1.97. The first-order valence-electron chi connectivity index (χ1n) is 6.79. The van der Waals surface area contributed by atoms with E-state index in [1.54, 1.807) is 6.07 Å². The second kappa shape index (κ2) is 7.80. The maximum Gasteiger partial charge on any atom is 0.120 e. The van der Waals surface area contributed by atoms with Crippen LogP contribution in [0.25, 0.3) is 0 Å². The molecule has 1 N–H and O–H groups in total. The second-order valence-electron chi connectivity index (χ2n) is 4.85. The van der Waals surface area contributed by atoms with Crippen LogP contribution in [-0.2, 0) is 6.54 Å². The molecule has 0 bridgehead atoms. The third kappa shape index (κ3) is 4.62. The minimum Gasteiger partial charge on any atom is -0.508 e. The number of benzene rings is 1. The van der Waals surface area contributed by atoms with Gasteiger partial charge in [0.25, 0.3) is 0 Å². The quantitative estimate of drug-likeness (QED) is 0.798. The average molecular weight is 314 g/mol. The highest BCUT2D eigenvalue weighted by Crippen LogP contribution is 2.24. The molecule has 0 aliphatic carbocycles. The van der Waals surface area contributed by atoms with E-state index in [4.69, 9.17) is 0 Å². The Bertz CT molecular complexity index is 368. The Morgan fingerprint density at radius 1 is 1.33 bits per heavy atom. The summed E-state index contributed by atoms with van der Waals surface area (Å²) in [6, 6.07) is 6.19. The first-order chi connectivity index (χ1) is 8.58. The molecular weight excluding hydrogens is 290 g/mol. The molecule has 0 heterocycles. The smallest absolute Gasteiger partial charge is 0.120 e. The van der Waals surface area contributed by atoms with Crippen molar-refractivity contribution in [1.29, 1.82) is 0 Å².